The molecular weight excluding hydrogens is 372 g/mol. The largest absolute Gasteiger partial charge is 0.508 e. The van der Waals surface area contributed by atoms with E-state index in [1.807, 2.05) is 31.2 Å². The average Bonchev–Trinajstić information content (AvgIpc) is 3.10. The van der Waals surface area contributed by atoms with E-state index in [1.165, 1.54) is 9.60 Å². The molecule has 2 N–H and O–H groups in total. The molecule has 2 heterocycles. The van der Waals surface area contributed by atoms with Crippen LogP contribution in [0, 0.1) is 0 Å². The molecule has 0 fully saturated rings. The van der Waals surface area contributed by atoms with Crippen LogP contribution in [-0.4, -0.2) is 17.1 Å². The summed E-state index contributed by atoms with van der Waals surface area (Å²) < 4.78 is 6.50. The molecule has 0 spiro atoms. The van der Waals surface area contributed by atoms with Crippen molar-refractivity contribution in [2.75, 3.05) is 7.05 Å². The van der Waals surface area contributed by atoms with Crippen LogP contribution in [0.15, 0.2) is 51.7 Å². The van der Waals surface area contributed by atoms with Crippen LogP contribution in [0.3, 0.4) is 0 Å². The van der Waals surface area contributed by atoms with Crippen molar-refractivity contribution in [1.29, 1.82) is 0 Å². The van der Waals surface area contributed by atoms with Gasteiger partial charge in [-0.3, -0.25) is 0 Å². The molecule has 0 aliphatic rings. The van der Waals surface area contributed by atoms with E-state index in [1.54, 1.807) is 23.5 Å². The van der Waals surface area contributed by atoms with Crippen LogP contribution in [0.2, 0.25) is 0 Å². The molecule has 0 saturated heterocycles. The van der Waals surface area contributed by atoms with Gasteiger partial charge < -0.3 is 14.4 Å². The molecule has 5 nitrogen and oxygen atoms in total. The Kier molecular flexibility index (Phi) is 4.91. The number of hydrogen-bond acceptors (Lipinski definition) is 5. The zero-order chi connectivity index (χ0) is 19.8. The third-order valence-electron chi connectivity index (χ3n) is 5.30. The average molecular weight is 396 g/mol. The van der Waals surface area contributed by atoms with Gasteiger partial charge in [0.2, 0.25) is 0 Å². The summed E-state index contributed by atoms with van der Waals surface area (Å²) in [5.41, 5.74) is 2.83. The number of aromatic nitrogens is 1. The molecule has 0 amide bonds. The van der Waals surface area contributed by atoms with Crippen molar-refractivity contribution in [2.45, 2.75) is 32.9 Å². The highest BCUT2D eigenvalue weighted by Gasteiger charge is 2.21. The first-order valence-electron chi connectivity index (χ1n) is 9.42. The number of nitrogens with zero attached hydrogens (tertiary/aromatic N) is 1. The summed E-state index contributed by atoms with van der Waals surface area (Å²) in [6.07, 6.45) is 0.713. The fourth-order valence-electron chi connectivity index (χ4n) is 3.48. The lowest BCUT2D eigenvalue weighted by Gasteiger charge is -2.20. The van der Waals surface area contributed by atoms with Crippen LogP contribution in [0.1, 0.15) is 36.0 Å². The zero-order valence-corrected chi connectivity index (χ0v) is 17.0. The van der Waals surface area contributed by atoms with Crippen molar-refractivity contribution in [2.24, 2.45) is 0 Å². The molecule has 1 unspecified atom stereocenters. The lowest BCUT2D eigenvalue weighted by molar-refractivity contribution is -0.923. The molecule has 2 atom stereocenters. The van der Waals surface area contributed by atoms with Gasteiger partial charge in [-0.15, -0.1) is 11.3 Å². The van der Waals surface area contributed by atoms with E-state index in [4.69, 9.17) is 9.40 Å². The smallest absolute Gasteiger partial charge is 0.336 e. The molecule has 0 aliphatic heterocycles. The van der Waals surface area contributed by atoms with Gasteiger partial charge >= 0.3 is 5.63 Å². The fraction of sp³-hybridized carbons (Fsp3) is 0.273. The number of phenolic OH excluding ortho intramolecular Hbond substituents is 1. The maximum Gasteiger partial charge on any atom is 0.336 e. The SMILES string of the molecule is CCc1cc2c(C[NH+](C)[C@H](C)c3nc4ccccc4s3)cc(=O)oc2cc1O. The number of thiazole rings is 1. The Morgan fingerprint density at radius 1 is 1.21 bits per heavy atom. The molecule has 6 heteroatoms. The number of phenols is 1. The quantitative estimate of drug-likeness (QED) is 0.508. The summed E-state index contributed by atoms with van der Waals surface area (Å²) in [6.45, 7) is 4.81. The minimum Gasteiger partial charge on any atom is -0.508 e. The van der Waals surface area contributed by atoms with E-state index in [0.717, 1.165) is 27.0 Å². The monoisotopic (exact) mass is 395 g/mol. The topological polar surface area (TPSA) is 67.8 Å². The first-order chi connectivity index (χ1) is 13.5. The van der Waals surface area contributed by atoms with Crippen LogP contribution in [0.5, 0.6) is 5.75 Å². The third kappa shape index (κ3) is 3.41. The molecule has 2 aromatic carbocycles. The summed E-state index contributed by atoms with van der Waals surface area (Å²) in [6, 6.07) is 13.4. The number of aromatic hydroxyl groups is 1. The first kappa shape index (κ1) is 18.7. The van der Waals surface area contributed by atoms with Gasteiger partial charge in [-0.1, -0.05) is 19.1 Å². The van der Waals surface area contributed by atoms with Crippen LogP contribution in [-0.2, 0) is 13.0 Å². The second-order valence-corrected chi connectivity index (χ2v) is 8.25. The number of quaternary nitrogens is 1. The van der Waals surface area contributed by atoms with E-state index in [0.29, 0.717) is 18.5 Å². The van der Waals surface area contributed by atoms with Crippen molar-refractivity contribution in [3.63, 3.8) is 0 Å². The number of nitrogens with one attached hydrogen (secondary N) is 1. The van der Waals surface area contributed by atoms with E-state index >= 15 is 0 Å². The van der Waals surface area contributed by atoms with Gasteiger partial charge in [-0.25, -0.2) is 9.78 Å². The predicted molar refractivity (Wildman–Crippen MR) is 112 cm³/mol. The first-order valence-corrected chi connectivity index (χ1v) is 10.2. The Morgan fingerprint density at radius 3 is 2.75 bits per heavy atom. The molecule has 4 aromatic rings. The molecule has 144 valence electrons. The van der Waals surface area contributed by atoms with Crippen molar-refractivity contribution in [1.82, 2.24) is 4.98 Å². The maximum absolute atomic E-state index is 12.0. The number of para-hydroxylation sites is 1. The molecule has 0 radical (unpaired) electrons. The minimum absolute atomic E-state index is 0.166. The van der Waals surface area contributed by atoms with Crippen molar-refractivity contribution in [3.05, 3.63) is 69.0 Å². The Morgan fingerprint density at radius 2 is 2.00 bits per heavy atom. The highest BCUT2D eigenvalue weighted by molar-refractivity contribution is 7.18. The van der Waals surface area contributed by atoms with E-state index < -0.39 is 5.63 Å². The summed E-state index contributed by atoms with van der Waals surface area (Å²) in [4.78, 5) is 18.1. The van der Waals surface area contributed by atoms with Gasteiger partial charge in [0.1, 0.15) is 23.9 Å². The van der Waals surface area contributed by atoms with Crippen LogP contribution in [0.4, 0.5) is 0 Å². The van der Waals surface area contributed by atoms with E-state index in [9.17, 15) is 9.90 Å². The minimum atomic E-state index is -0.397. The van der Waals surface area contributed by atoms with Crippen molar-refractivity contribution < 1.29 is 14.4 Å². The van der Waals surface area contributed by atoms with Gasteiger partial charge in [-0.2, -0.15) is 0 Å². The third-order valence-corrected chi connectivity index (χ3v) is 6.52. The van der Waals surface area contributed by atoms with Crippen molar-refractivity contribution >= 4 is 32.5 Å². The molecule has 28 heavy (non-hydrogen) atoms. The lowest BCUT2D eigenvalue weighted by atomic mass is 10.0. The fourth-order valence-corrected chi connectivity index (χ4v) is 4.59. The number of hydrogen-bond donors (Lipinski definition) is 2. The van der Waals surface area contributed by atoms with Gasteiger partial charge in [0, 0.05) is 23.1 Å². The second kappa shape index (κ2) is 7.37. The van der Waals surface area contributed by atoms with Gasteiger partial charge in [0.15, 0.2) is 5.01 Å². The van der Waals surface area contributed by atoms with E-state index in [2.05, 4.69) is 20.0 Å². The van der Waals surface area contributed by atoms with Crippen LogP contribution >= 0.6 is 11.3 Å². The molecule has 0 bridgehead atoms. The van der Waals surface area contributed by atoms with E-state index in [-0.39, 0.29) is 11.8 Å². The Labute approximate surface area is 166 Å². The normalized spacial score (nSPS) is 13.8. The highest BCUT2D eigenvalue weighted by atomic mass is 32.1. The zero-order valence-electron chi connectivity index (χ0n) is 16.2. The van der Waals surface area contributed by atoms with Crippen molar-refractivity contribution in [3.8, 4) is 5.75 Å². The Bertz CT molecular complexity index is 1180. The molecule has 2 aromatic heterocycles. The number of benzene rings is 2. The van der Waals surface area contributed by atoms with Gasteiger partial charge in [0.05, 0.1) is 17.3 Å². The Balaban J connectivity index is 1.69. The highest BCUT2D eigenvalue weighted by Crippen LogP contribution is 2.27. The van der Waals surface area contributed by atoms with Gasteiger partial charge in [0.25, 0.3) is 0 Å². The summed E-state index contributed by atoms with van der Waals surface area (Å²) in [5, 5.41) is 12.1. The molecule has 0 saturated carbocycles. The molecule has 4 rings (SSSR count). The predicted octanol–water partition coefficient (Wildman–Crippen LogP) is 3.45. The summed E-state index contributed by atoms with van der Waals surface area (Å²) in [7, 11) is 2.11. The molecular formula is C22H23N2O3S+. The summed E-state index contributed by atoms with van der Waals surface area (Å²) in [5.74, 6) is 0.166. The maximum atomic E-state index is 12.0. The van der Waals surface area contributed by atoms with Crippen LogP contribution < -0.4 is 10.5 Å². The number of fused-ring (bicyclic) bond motifs is 2. The number of aryl methyl sites for hydroxylation is 1. The standard InChI is InChI=1S/C22H22N2O3S/c1-4-14-9-16-15(10-21(26)27-19(16)11-18(14)25)12-24(3)13(2)22-23-17-7-5-6-8-20(17)28-22/h5-11,13,25H,4,12H2,1-3H3/p+1/t13-/m1/s1. The Hall–Kier alpha value is -2.70. The lowest BCUT2D eigenvalue weighted by Crippen LogP contribution is -3.07. The second-order valence-electron chi connectivity index (χ2n) is 7.19. The van der Waals surface area contributed by atoms with Gasteiger partial charge in [-0.05, 0) is 37.1 Å². The van der Waals surface area contributed by atoms with Crippen LogP contribution in [0.25, 0.3) is 21.2 Å². The number of rotatable bonds is 5. The summed E-state index contributed by atoms with van der Waals surface area (Å²) >= 11 is 1.71. The molecule has 0 aliphatic carbocycles.